The minimum Gasteiger partial charge on any atom is -0.508 e. The molecule has 0 aliphatic heterocycles. The fraction of sp³-hybridized carbons (Fsp3) is 0.444. The third-order valence-corrected chi connectivity index (χ3v) is 4.54. The van der Waals surface area contributed by atoms with Gasteiger partial charge in [0.1, 0.15) is 22.8 Å². The largest absolute Gasteiger partial charge is 0.508 e. The second kappa shape index (κ2) is 6.86. The van der Waals surface area contributed by atoms with Crippen molar-refractivity contribution < 1.29 is 14.4 Å². The monoisotopic (exact) mass is 314 g/mol. The molecule has 1 saturated carbocycles. The van der Waals surface area contributed by atoms with Gasteiger partial charge in [-0.2, -0.15) is 0 Å². The van der Waals surface area contributed by atoms with E-state index in [4.69, 9.17) is 4.52 Å². The first kappa shape index (κ1) is 15.6. The molecule has 5 nitrogen and oxygen atoms in total. The summed E-state index contributed by atoms with van der Waals surface area (Å²) in [4.78, 5) is 12.5. The molecule has 1 fully saturated rings. The summed E-state index contributed by atoms with van der Waals surface area (Å²) >= 11 is 0. The zero-order valence-corrected chi connectivity index (χ0v) is 13.3. The van der Waals surface area contributed by atoms with E-state index in [2.05, 4.69) is 10.5 Å². The van der Waals surface area contributed by atoms with Crippen molar-refractivity contribution in [2.75, 3.05) is 6.54 Å². The van der Waals surface area contributed by atoms with Gasteiger partial charge in [0.2, 0.25) is 0 Å². The van der Waals surface area contributed by atoms with Crippen molar-refractivity contribution in [3.63, 3.8) is 0 Å². The number of carbonyl (C=O) groups is 1. The van der Waals surface area contributed by atoms with Crippen LogP contribution in [0.2, 0.25) is 0 Å². The molecule has 1 aliphatic rings. The van der Waals surface area contributed by atoms with Gasteiger partial charge >= 0.3 is 0 Å². The zero-order valence-electron chi connectivity index (χ0n) is 13.3. The molecule has 0 radical (unpaired) electrons. The normalized spacial score (nSPS) is 15.0. The number of rotatable bonds is 5. The van der Waals surface area contributed by atoms with Crippen molar-refractivity contribution in [1.29, 1.82) is 0 Å². The Balaban J connectivity index is 1.70. The molecule has 122 valence electrons. The first-order chi connectivity index (χ1) is 11.1. The molecule has 2 N–H and O–H groups in total. The number of hydrogen-bond donors (Lipinski definition) is 2. The van der Waals surface area contributed by atoms with E-state index in [0.717, 1.165) is 17.9 Å². The number of nitrogens with zero attached hydrogens (tertiary/aromatic N) is 1. The van der Waals surface area contributed by atoms with Gasteiger partial charge in [0.05, 0.1) is 0 Å². The van der Waals surface area contributed by atoms with Crippen LogP contribution in [0, 0.1) is 12.8 Å². The predicted octanol–water partition coefficient (Wildman–Crippen LogP) is 3.67. The average Bonchev–Trinajstić information content (AvgIpc) is 3.17. The molecule has 1 aromatic carbocycles. The molecule has 2 aromatic rings. The van der Waals surface area contributed by atoms with Crippen molar-refractivity contribution in [3.05, 3.63) is 35.6 Å². The minimum atomic E-state index is -0.148. The van der Waals surface area contributed by atoms with Crippen LogP contribution in [0.5, 0.6) is 5.75 Å². The molecular weight excluding hydrogens is 292 g/mol. The second-order valence-electron chi connectivity index (χ2n) is 6.20. The quantitative estimate of drug-likeness (QED) is 0.883. The summed E-state index contributed by atoms with van der Waals surface area (Å²) in [5.74, 6) is 1.28. The highest BCUT2D eigenvalue weighted by Crippen LogP contribution is 2.28. The van der Waals surface area contributed by atoms with Gasteiger partial charge in [-0.1, -0.05) is 30.8 Å². The molecule has 0 atom stereocenters. The lowest BCUT2D eigenvalue weighted by Crippen LogP contribution is -2.26. The van der Waals surface area contributed by atoms with Gasteiger partial charge in [-0.3, -0.25) is 4.79 Å². The first-order valence-corrected chi connectivity index (χ1v) is 8.19. The summed E-state index contributed by atoms with van der Waals surface area (Å²) in [6.45, 7) is 2.42. The van der Waals surface area contributed by atoms with Crippen LogP contribution in [-0.2, 0) is 0 Å². The first-order valence-electron chi connectivity index (χ1n) is 8.19. The molecule has 23 heavy (non-hydrogen) atoms. The van der Waals surface area contributed by atoms with Crippen molar-refractivity contribution in [2.45, 2.75) is 39.0 Å². The molecule has 1 amide bonds. The van der Waals surface area contributed by atoms with E-state index in [0.29, 0.717) is 23.6 Å². The fourth-order valence-corrected chi connectivity index (χ4v) is 3.23. The Morgan fingerprint density at radius 2 is 2.00 bits per heavy atom. The number of aromatic nitrogens is 1. The molecule has 1 aliphatic carbocycles. The maximum Gasteiger partial charge on any atom is 0.257 e. The predicted molar refractivity (Wildman–Crippen MR) is 87.2 cm³/mol. The number of phenols is 1. The van der Waals surface area contributed by atoms with E-state index in [1.165, 1.54) is 25.7 Å². The smallest absolute Gasteiger partial charge is 0.257 e. The van der Waals surface area contributed by atoms with E-state index in [-0.39, 0.29) is 11.7 Å². The maximum atomic E-state index is 12.5. The lowest BCUT2D eigenvalue weighted by atomic mass is 10.0. The summed E-state index contributed by atoms with van der Waals surface area (Å²) < 4.78 is 5.21. The second-order valence-corrected chi connectivity index (χ2v) is 6.20. The third-order valence-electron chi connectivity index (χ3n) is 4.54. The molecular formula is C18H22N2O3. The molecule has 0 bridgehead atoms. The van der Waals surface area contributed by atoms with Crippen LogP contribution >= 0.6 is 0 Å². The Morgan fingerprint density at radius 3 is 2.70 bits per heavy atom. The number of carbonyl (C=O) groups excluding carboxylic acids is 1. The van der Waals surface area contributed by atoms with Crippen LogP contribution in [0.1, 0.15) is 48.2 Å². The van der Waals surface area contributed by atoms with Gasteiger partial charge in [0, 0.05) is 12.1 Å². The summed E-state index contributed by atoms with van der Waals surface area (Å²) in [5.41, 5.74) is 1.74. The molecule has 0 unspecified atom stereocenters. The SMILES string of the molecule is Cc1onc(-c2ccc(O)cc2)c1C(=O)NCCC1CCCC1. The van der Waals surface area contributed by atoms with Gasteiger partial charge in [0.15, 0.2) is 0 Å². The minimum absolute atomic E-state index is 0.148. The zero-order chi connectivity index (χ0) is 16.2. The lowest BCUT2D eigenvalue weighted by Gasteiger charge is -2.10. The van der Waals surface area contributed by atoms with Crippen molar-refractivity contribution in [3.8, 4) is 17.0 Å². The van der Waals surface area contributed by atoms with Crippen LogP contribution in [-0.4, -0.2) is 22.7 Å². The number of amides is 1. The molecule has 3 rings (SSSR count). The van der Waals surface area contributed by atoms with E-state index in [9.17, 15) is 9.90 Å². The Labute approximate surface area is 135 Å². The highest BCUT2D eigenvalue weighted by molar-refractivity contribution is 6.00. The van der Waals surface area contributed by atoms with Gasteiger partial charge in [-0.15, -0.1) is 0 Å². The third kappa shape index (κ3) is 3.55. The molecule has 1 aromatic heterocycles. The van der Waals surface area contributed by atoms with Crippen molar-refractivity contribution in [1.82, 2.24) is 10.5 Å². The summed E-state index contributed by atoms with van der Waals surface area (Å²) in [5, 5.41) is 16.4. The number of aryl methyl sites for hydroxylation is 1. The standard InChI is InChI=1S/C18H22N2O3/c1-12-16(18(22)19-11-10-13-4-2-3-5-13)17(20-23-12)14-6-8-15(21)9-7-14/h6-9,13,21H,2-5,10-11H2,1H3,(H,19,22). The Kier molecular flexibility index (Phi) is 4.65. The number of nitrogens with one attached hydrogen (secondary N) is 1. The number of aromatic hydroxyl groups is 1. The van der Waals surface area contributed by atoms with Crippen LogP contribution in [0.25, 0.3) is 11.3 Å². The van der Waals surface area contributed by atoms with Crippen LogP contribution < -0.4 is 5.32 Å². The fourth-order valence-electron chi connectivity index (χ4n) is 3.23. The Morgan fingerprint density at radius 1 is 1.30 bits per heavy atom. The van der Waals surface area contributed by atoms with Gasteiger partial charge in [-0.25, -0.2) is 0 Å². The van der Waals surface area contributed by atoms with Crippen LogP contribution in [0.4, 0.5) is 0 Å². The highest BCUT2D eigenvalue weighted by atomic mass is 16.5. The average molecular weight is 314 g/mol. The number of benzene rings is 1. The Bertz CT molecular complexity index is 670. The van der Waals surface area contributed by atoms with E-state index in [1.54, 1.807) is 31.2 Å². The molecule has 0 spiro atoms. The van der Waals surface area contributed by atoms with Crippen molar-refractivity contribution in [2.24, 2.45) is 5.92 Å². The van der Waals surface area contributed by atoms with E-state index < -0.39 is 0 Å². The van der Waals surface area contributed by atoms with E-state index >= 15 is 0 Å². The summed E-state index contributed by atoms with van der Waals surface area (Å²) in [6.07, 6.45) is 6.22. The summed E-state index contributed by atoms with van der Waals surface area (Å²) in [6, 6.07) is 6.59. The number of hydrogen-bond acceptors (Lipinski definition) is 4. The molecule has 0 saturated heterocycles. The van der Waals surface area contributed by atoms with Crippen molar-refractivity contribution >= 4 is 5.91 Å². The molecule has 1 heterocycles. The van der Waals surface area contributed by atoms with Crippen LogP contribution in [0.3, 0.4) is 0 Å². The topological polar surface area (TPSA) is 75.4 Å². The lowest BCUT2D eigenvalue weighted by molar-refractivity contribution is 0.0950. The van der Waals surface area contributed by atoms with Gasteiger partial charge < -0.3 is 14.9 Å². The van der Waals surface area contributed by atoms with Gasteiger partial charge in [0.25, 0.3) is 5.91 Å². The highest BCUT2D eigenvalue weighted by Gasteiger charge is 2.22. The van der Waals surface area contributed by atoms with Crippen LogP contribution in [0.15, 0.2) is 28.8 Å². The van der Waals surface area contributed by atoms with Gasteiger partial charge in [-0.05, 0) is 43.5 Å². The Hall–Kier alpha value is -2.30. The van der Waals surface area contributed by atoms with E-state index in [1.807, 2.05) is 0 Å². The summed E-state index contributed by atoms with van der Waals surface area (Å²) in [7, 11) is 0. The maximum absolute atomic E-state index is 12.5. The molecule has 5 heteroatoms. The number of phenolic OH excluding ortho intramolecular Hbond substituents is 1.